The topological polar surface area (TPSA) is 29.1 Å². The van der Waals surface area contributed by atoms with E-state index in [0.29, 0.717) is 23.9 Å². The van der Waals surface area contributed by atoms with Crippen LogP contribution in [0.4, 0.5) is 0 Å². The maximum Gasteiger partial charge on any atom is 0.224 e. The quantitative estimate of drug-likeness (QED) is 0.820. The van der Waals surface area contributed by atoms with Crippen LogP contribution >= 0.6 is 23.2 Å². The van der Waals surface area contributed by atoms with Gasteiger partial charge in [0, 0.05) is 17.4 Å². The molecule has 0 heterocycles. The number of carbonyl (C=O) groups is 1. The van der Waals surface area contributed by atoms with E-state index in [4.69, 9.17) is 23.2 Å². The Morgan fingerprint density at radius 2 is 2.12 bits per heavy atom. The zero-order valence-electron chi connectivity index (χ0n) is 10.1. The van der Waals surface area contributed by atoms with Crippen molar-refractivity contribution in [3.63, 3.8) is 0 Å². The molecule has 0 spiro atoms. The lowest BCUT2D eigenvalue weighted by molar-refractivity contribution is -0.120. The first-order chi connectivity index (χ1) is 7.93. The van der Waals surface area contributed by atoms with Crippen LogP contribution in [0.15, 0.2) is 24.3 Å². The highest BCUT2D eigenvalue weighted by Gasteiger charge is 2.17. The van der Waals surface area contributed by atoms with Crippen LogP contribution in [0, 0.1) is 5.41 Å². The molecule has 1 amide bonds. The molecule has 17 heavy (non-hydrogen) atoms. The zero-order valence-corrected chi connectivity index (χ0v) is 11.6. The van der Waals surface area contributed by atoms with Crippen molar-refractivity contribution < 1.29 is 4.79 Å². The number of carbonyl (C=O) groups excluding carboxylic acids is 1. The summed E-state index contributed by atoms with van der Waals surface area (Å²) in [6.07, 6.45) is 0.346. The summed E-state index contributed by atoms with van der Waals surface area (Å²) in [5.74, 6) is 0.509. The van der Waals surface area contributed by atoms with Gasteiger partial charge in [-0.2, -0.15) is 0 Å². The molecule has 1 N–H and O–H groups in total. The van der Waals surface area contributed by atoms with Crippen molar-refractivity contribution in [2.75, 3.05) is 12.4 Å². The first-order valence-electron chi connectivity index (χ1n) is 5.50. The van der Waals surface area contributed by atoms with Crippen LogP contribution in [0.5, 0.6) is 0 Å². The molecule has 0 atom stereocenters. The summed E-state index contributed by atoms with van der Waals surface area (Å²) in [5.41, 5.74) is 0.838. The molecule has 2 nitrogen and oxygen atoms in total. The van der Waals surface area contributed by atoms with Crippen LogP contribution < -0.4 is 5.32 Å². The number of benzene rings is 1. The molecule has 0 aliphatic carbocycles. The van der Waals surface area contributed by atoms with Gasteiger partial charge in [-0.3, -0.25) is 4.79 Å². The summed E-state index contributed by atoms with van der Waals surface area (Å²) in [6, 6.07) is 7.32. The molecule has 0 aliphatic heterocycles. The molecular formula is C13H17Cl2NO. The van der Waals surface area contributed by atoms with Gasteiger partial charge in [0.05, 0.1) is 6.42 Å². The van der Waals surface area contributed by atoms with Crippen LogP contribution in [0.25, 0.3) is 0 Å². The van der Waals surface area contributed by atoms with E-state index in [1.165, 1.54) is 0 Å². The van der Waals surface area contributed by atoms with Crippen molar-refractivity contribution in [2.45, 2.75) is 20.3 Å². The molecule has 0 radical (unpaired) electrons. The van der Waals surface area contributed by atoms with Gasteiger partial charge in [0.25, 0.3) is 0 Å². The molecule has 94 valence electrons. The Bertz CT molecular complexity index is 391. The highest BCUT2D eigenvalue weighted by atomic mass is 35.5. The molecule has 0 saturated heterocycles. The molecular weight excluding hydrogens is 257 g/mol. The number of hydrogen-bond acceptors (Lipinski definition) is 1. The second kappa shape index (κ2) is 6.27. The number of amides is 1. The lowest BCUT2D eigenvalue weighted by Gasteiger charge is -2.21. The normalized spacial score (nSPS) is 11.3. The molecule has 1 aromatic rings. The second-order valence-corrected chi connectivity index (χ2v) is 5.58. The van der Waals surface area contributed by atoms with Gasteiger partial charge in [-0.25, -0.2) is 0 Å². The Hall–Kier alpha value is -0.730. The van der Waals surface area contributed by atoms with E-state index in [1.54, 1.807) is 12.1 Å². The van der Waals surface area contributed by atoms with Gasteiger partial charge in [0.1, 0.15) is 0 Å². The Kier molecular flexibility index (Phi) is 5.29. The third kappa shape index (κ3) is 5.42. The summed E-state index contributed by atoms with van der Waals surface area (Å²) >= 11 is 11.6. The van der Waals surface area contributed by atoms with Gasteiger partial charge < -0.3 is 5.32 Å². The van der Waals surface area contributed by atoms with Crippen molar-refractivity contribution in [2.24, 2.45) is 5.41 Å². The Balaban J connectivity index is 2.45. The van der Waals surface area contributed by atoms with Crippen LogP contribution in [0.1, 0.15) is 19.4 Å². The van der Waals surface area contributed by atoms with Crippen molar-refractivity contribution in [1.82, 2.24) is 5.32 Å². The minimum atomic E-state index is -0.0778. The van der Waals surface area contributed by atoms with Gasteiger partial charge in [-0.1, -0.05) is 37.6 Å². The molecule has 4 heteroatoms. The third-order valence-corrected chi connectivity index (χ3v) is 3.34. The van der Waals surface area contributed by atoms with E-state index in [2.05, 4.69) is 5.32 Å². The van der Waals surface area contributed by atoms with E-state index in [1.807, 2.05) is 26.0 Å². The number of rotatable bonds is 5. The summed E-state index contributed by atoms with van der Waals surface area (Å²) in [7, 11) is 0. The first-order valence-corrected chi connectivity index (χ1v) is 6.41. The number of alkyl halides is 1. The second-order valence-electron chi connectivity index (χ2n) is 4.88. The van der Waals surface area contributed by atoms with E-state index in [-0.39, 0.29) is 11.3 Å². The molecule has 1 aromatic carbocycles. The van der Waals surface area contributed by atoms with Crippen LogP contribution in [0.2, 0.25) is 5.02 Å². The van der Waals surface area contributed by atoms with E-state index < -0.39 is 0 Å². The summed E-state index contributed by atoms with van der Waals surface area (Å²) < 4.78 is 0. The van der Waals surface area contributed by atoms with Crippen molar-refractivity contribution >= 4 is 29.1 Å². The van der Waals surface area contributed by atoms with Gasteiger partial charge in [0.15, 0.2) is 0 Å². The molecule has 1 rings (SSSR count). The van der Waals surface area contributed by atoms with E-state index in [9.17, 15) is 4.79 Å². The van der Waals surface area contributed by atoms with Crippen LogP contribution in [-0.2, 0) is 11.2 Å². The highest BCUT2D eigenvalue weighted by Crippen LogP contribution is 2.15. The van der Waals surface area contributed by atoms with E-state index >= 15 is 0 Å². The number of halogens is 2. The summed E-state index contributed by atoms with van der Waals surface area (Å²) in [6.45, 7) is 4.61. The average molecular weight is 274 g/mol. The van der Waals surface area contributed by atoms with E-state index in [0.717, 1.165) is 5.56 Å². The van der Waals surface area contributed by atoms with Gasteiger partial charge in [-0.15, -0.1) is 11.6 Å². The minimum absolute atomic E-state index is 0.00883. The lowest BCUT2D eigenvalue weighted by Crippen LogP contribution is -2.35. The fraction of sp³-hybridized carbons (Fsp3) is 0.462. The fourth-order valence-corrected chi connectivity index (χ4v) is 1.59. The molecule has 0 aromatic heterocycles. The predicted molar refractivity (Wildman–Crippen MR) is 72.7 cm³/mol. The first kappa shape index (κ1) is 14.3. The lowest BCUT2D eigenvalue weighted by atomic mass is 9.96. The van der Waals surface area contributed by atoms with Crippen molar-refractivity contribution in [3.8, 4) is 0 Å². The molecule has 0 fully saturated rings. The van der Waals surface area contributed by atoms with Crippen LogP contribution in [0.3, 0.4) is 0 Å². The van der Waals surface area contributed by atoms with Gasteiger partial charge in [-0.05, 0) is 23.1 Å². The van der Waals surface area contributed by atoms with Crippen LogP contribution in [-0.4, -0.2) is 18.3 Å². The number of hydrogen-bond donors (Lipinski definition) is 1. The maximum absolute atomic E-state index is 11.7. The zero-order chi connectivity index (χ0) is 12.9. The third-order valence-electron chi connectivity index (χ3n) is 2.38. The van der Waals surface area contributed by atoms with Crippen molar-refractivity contribution in [3.05, 3.63) is 34.9 Å². The monoisotopic (exact) mass is 273 g/mol. The molecule has 0 bridgehead atoms. The summed E-state index contributed by atoms with van der Waals surface area (Å²) in [5, 5.41) is 3.52. The number of nitrogens with one attached hydrogen (secondary N) is 1. The SMILES string of the molecule is CC(C)(CCl)CNC(=O)Cc1cccc(Cl)c1. The Labute approximate surface area is 112 Å². The Morgan fingerprint density at radius 1 is 1.41 bits per heavy atom. The standard InChI is InChI=1S/C13H17Cl2NO/c1-13(2,8-14)9-16-12(17)7-10-4-3-5-11(15)6-10/h3-6H,7-9H2,1-2H3,(H,16,17). The molecule has 0 unspecified atom stereocenters. The average Bonchev–Trinajstić information content (AvgIpc) is 2.27. The van der Waals surface area contributed by atoms with Crippen molar-refractivity contribution in [1.29, 1.82) is 0 Å². The maximum atomic E-state index is 11.7. The predicted octanol–water partition coefficient (Wildman–Crippen LogP) is 3.26. The minimum Gasteiger partial charge on any atom is -0.355 e. The van der Waals surface area contributed by atoms with Gasteiger partial charge >= 0.3 is 0 Å². The fourth-order valence-electron chi connectivity index (χ4n) is 1.28. The molecule has 0 saturated carbocycles. The Morgan fingerprint density at radius 3 is 2.71 bits per heavy atom. The summed E-state index contributed by atoms with van der Waals surface area (Å²) in [4.78, 5) is 11.7. The molecule has 0 aliphatic rings. The largest absolute Gasteiger partial charge is 0.355 e. The highest BCUT2D eigenvalue weighted by molar-refractivity contribution is 6.30. The smallest absolute Gasteiger partial charge is 0.224 e. The van der Waals surface area contributed by atoms with Gasteiger partial charge in [0.2, 0.25) is 5.91 Å².